The van der Waals surface area contributed by atoms with Crippen molar-refractivity contribution in [2.45, 2.75) is 12.8 Å². The van der Waals surface area contributed by atoms with E-state index in [4.69, 9.17) is 4.74 Å². The lowest BCUT2D eigenvalue weighted by Crippen LogP contribution is -2.31. The number of rotatable bonds is 3. The Balaban J connectivity index is 2.22. The number of ether oxygens (including phenoxy) is 1. The van der Waals surface area contributed by atoms with Crippen LogP contribution < -0.4 is 5.11 Å². The molecule has 90 valence electrons. The van der Waals surface area contributed by atoms with Crippen molar-refractivity contribution in [3.05, 3.63) is 41.5 Å². The largest absolute Gasteiger partial charge is 0.545 e. The van der Waals surface area contributed by atoms with Gasteiger partial charge in [0.2, 0.25) is 0 Å². The summed E-state index contributed by atoms with van der Waals surface area (Å²) in [5.41, 5.74) is 1.29. The van der Waals surface area contributed by atoms with E-state index in [9.17, 15) is 9.90 Å². The van der Waals surface area contributed by atoms with Crippen molar-refractivity contribution in [2.24, 2.45) is 5.92 Å². The average Bonchev–Trinajstić information content (AvgIpc) is 2.38. The van der Waals surface area contributed by atoms with Crippen LogP contribution in [0.1, 0.15) is 18.4 Å². The summed E-state index contributed by atoms with van der Waals surface area (Å²) >= 11 is 0. The van der Waals surface area contributed by atoms with Crippen LogP contribution in [0.15, 0.2) is 35.9 Å². The topological polar surface area (TPSA) is 49.4 Å². The zero-order chi connectivity index (χ0) is 12.1. The molecule has 1 fully saturated rings. The summed E-state index contributed by atoms with van der Waals surface area (Å²) in [6.45, 7) is 1.26. The highest BCUT2D eigenvalue weighted by Crippen LogP contribution is 2.24. The summed E-state index contributed by atoms with van der Waals surface area (Å²) in [6, 6.07) is 9.47. The van der Waals surface area contributed by atoms with Crippen molar-refractivity contribution in [2.75, 3.05) is 13.2 Å². The molecule has 0 atom stereocenters. The van der Waals surface area contributed by atoms with E-state index >= 15 is 0 Å². The molecular formula is C14H15O3-. The molecule has 1 aromatic rings. The third-order valence-electron chi connectivity index (χ3n) is 3.02. The zero-order valence-electron chi connectivity index (χ0n) is 9.59. The van der Waals surface area contributed by atoms with Gasteiger partial charge in [0.15, 0.2) is 0 Å². The van der Waals surface area contributed by atoms with Gasteiger partial charge in [0.05, 0.1) is 5.97 Å². The zero-order valence-corrected chi connectivity index (χ0v) is 9.59. The number of benzene rings is 1. The third kappa shape index (κ3) is 3.17. The molecule has 1 heterocycles. The fraction of sp³-hybridized carbons (Fsp3) is 0.357. The fourth-order valence-corrected chi connectivity index (χ4v) is 2.08. The van der Waals surface area contributed by atoms with Gasteiger partial charge in [-0.1, -0.05) is 30.3 Å². The van der Waals surface area contributed by atoms with Crippen LogP contribution >= 0.6 is 0 Å². The Bertz CT molecular complexity index is 403. The van der Waals surface area contributed by atoms with Crippen LogP contribution in [0.2, 0.25) is 0 Å². The molecule has 0 spiro atoms. The summed E-state index contributed by atoms with van der Waals surface area (Å²) < 4.78 is 5.24. The number of hydrogen-bond donors (Lipinski definition) is 0. The van der Waals surface area contributed by atoms with Crippen LogP contribution in [0.25, 0.3) is 6.08 Å². The second-order valence-electron chi connectivity index (χ2n) is 4.18. The van der Waals surface area contributed by atoms with E-state index in [2.05, 4.69) is 0 Å². The quantitative estimate of drug-likeness (QED) is 0.735. The maximum absolute atomic E-state index is 11.2. The van der Waals surface area contributed by atoms with Gasteiger partial charge in [0.25, 0.3) is 0 Å². The number of carboxylic acids is 1. The predicted molar refractivity (Wildman–Crippen MR) is 63.0 cm³/mol. The molecule has 1 saturated heterocycles. The highest BCUT2D eigenvalue weighted by Gasteiger charge is 2.18. The number of carbonyl (C=O) groups excluding carboxylic acids is 1. The molecule has 0 N–H and O–H groups in total. The van der Waals surface area contributed by atoms with Gasteiger partial charge in [-0.2, -0.15) is 0 Å². The van der Waals surface area contributed by atoms with Crippen molar-refractivity contribution in [1.82, 2.24) is 0 Å². The Morgan fingerprint density at radius 1 is 1.24 bits per heavy atom. The van der Waals surface area contributed by atoms with Crippen LogP contribution in [-0.2, 0) is 9.53 Å². The van der Waals surface area contributed by atoms with Gasteiger partial charge in [0.1, 0.15) is 0 Å². The first-order chi connectivity index (χ1) is 8.27. The lowest BCUT2D eigenvalue weighted by Gasteiger charge is -2.25. The first-order valence-electron chi connectivity index (χ1n) is 5.83. The molecule has 0 aromatic heterocycles. The smallest absolute Gasteiger partial charge is 0.0677 e. The number of aliphatic carboxylic acids is 1. The first-order valence-corrected chi connectivity index (χ1v) is 5.83. The van der Waals surface area contributed by atoms with E-state index in [-0.39, 0.29) is 5.92 Å². The molecule has 0 bridgehead atoms. The average molecular weight is 231 g/mol. The van der Waals surface area contributed by atoms with Crippen LogP contribution in [0.3, 0.4) is 0 Å². The van der Waals surface area contributed by atoms with Crippen molar-refractivity contribution >= 4 is 12.0 Å². The normalized spacial score (nSPS) is 18.0. The van der Waals surface area contributed by atoms with Crippen molar-refractivity contribution in [3.63, 3.8) is 0 Å². The Labute approximate surface area is 101 Å². The molecule has 0 aliphatic carbocycles. The summed E-state index contributed by atoms with van der Waals surface area (Å²) in [4.78, 5) is 11.2. The monoisotopic (exact) mass is 231 g/mol. The second-order valence-corrected chi connectivity index (χ2v) is 4.18. The Morgan fingerprint density at radius 2 is 1.88 bits per heavy atom. The standard InChI is InChI=1S/C14H16O3/c15-14(16)13(12-6-8-17-9-7-12)10-11-4-2-1-3-5-11/h1-5,10,12H,6-9H2,(H,15,16)/p-1/b13-10+. The SMILES string of the molecule is O=C([O-])/C(=C/c1ccccc1)C1CCOCC1. The molecule has 1 aliphatic rings. The van der Waals surface area contributed by atoms with Gasteiger partial charge in [-0.3, -0.25) is 0 Å². The lowest BCUT2D eigenvalue weighted by atomic mass is 9.90. The number of hydrogen-bond acceptors (Lipinski definition) is 3. The molecule has 2 rings (SSSR count). The first kappa shape index (κ1) is 11.9. The molecule has 1 aliphatic heterocycles. The van der Waals surface area contributed by atoms with Crippen molar-refractivity contribution in [3.8, 4) is 0 Å². The molecule has 17 heavy (non-hydrogen) atoms. The minimum absolute atomic E-state index is 0.0500. The molecule has 1 aromatic carbocycles. The summed E-state index contributed by atoms with van der Waals surface area (Å²) in [5.74, 6) is -1.02. The van der Waals surface area contributed by atoms with E-state index in [0.29, 0.717) is 18.8 Å². The minimum atomic E-state index is -1.07. The number of carboxylic acid groups (broad SMARTS) is 1. The van der Waals surface area contributed by atoms with Crippen molar-refractivity contribution < 1.29 is 14.6 Å². The second kappa shape index (κ2) is 5.64. The van der Waals surface area contributed by atoms with Gasteiger partial charge < -0.3 is 14.6 Å². The Hall–Kier alpha value is -1.61. The number of carbonyl (C=O) groups is 1. The maximum Gasteiger partial charge on any atom is 0.0677 e. The Morgan fingerprint density at radius 3 is 2.47 bits per heavy atom. The highest BCUT2D eigenvalue weighted by atomic mass is 16.5. The molecule has 0 unspecified atom stereocenters. The summed E-state index contributed by atoms with van der Waals surface area (Å²) in [6.07, 6.45) is 3.23. The molecule has 0 radical (unpaired) electrons. The lowest BCUT2D eigenvalue weighted by molar-refractivity contribution is -0.300. The Kier molecular flexibility index (Phi) is 3.94. The summed E-state index contributed by atoms with van der Waals surface area (Å²) in [5, 5.41) is 11.2. The third-order valence-corrected chi connectivity index (χ3v) is 3.02. The van der Waals surface area contributed by atoms with Gasteiger partial charge in [-0.25, -0.2) is 0 Å². The molecular weight excluding hydrogens is 216 g/mol. The van der Waals surface area contributed by atoms with Gasteiger partial charge in [0, 0.05) is 13.2 Å². The molecule has 0 saturated carbocycles. The van der Waals surface area contributed by atoms with E-state index < -0.39 is 5.97 Å². The van der Waals surface area contributed by atoms with E-state index in [1.807, 2.05) is 30.3 Å². The minimum Gasteiger partial charge on any atom is -0.545 e. The van der Waals surface area contributed by atoms with E-state index in [1.54, 1.807) is 6.08 Å². The van der Waals surface area contributed by atoms with Crippen LogP contribution in [0, 0.1) is 5.92 Å². The van der Waals surface area contributed by atoms with Crippen LogP contribution in [0.4, 0.5) is 0 Å². The van der Waals surface area contributed by atoms with Gasteiger partial charge in [-0.05, 0) is 36.0 Å². The molecule has 3 nitrogen and oxygen atoms in total. The van der Waals surface area contributed by atoms with Gasteiger partial charge in [-0.15, -0.1) is 0 Å². The highest BCUT2D eigenvalue weighted by molar-refractivity contribution is 5.91. The predicted octanol–water partition coefficient (Wildman–Crippen LogP) is 1.25. The molecule has 0 amide bonds. The van der Waals surface area contributed by atoms with Crippen LogP contribution in [-0.4, -0.2) is 19.2 Å². The fourth-order valence-electron chi connectivity index (χ4n) is 2.08. The molecule has 3 heteroatoms. The summed E-state index contributed by atoms with van der Waals surface area (Å²) in [7, 11) is 0. The van der Waals surface area contributed by atoms with E-state index in [1.165, 1.54) is 0 Å². The van der Waals surface area contributed by atoms with Crippen molar-refractivity contribution in [1.29, 1.82) is 0 Å². The van der Waals surface area contributed by atoms with Gasteiger partial charge >= 0.3 is 0 Å². The van der Waals surface area contributed by atoms with E-state index in [0.717, 1.165) is 18.4 Å². The maximum atomic E-state index is 11.2. The van der Waals surface area contributed by atoms with Crippen LogP contribution in [0.5, 0.6) is 0 Å².